The number of rotatable bonds is 5. The third kappa shape index (κ3) is 4.55. The van der Waals surface area contributed by atoms with E-state index in [4.69, 9.17) is 4.42 Å². The zero-order valence-corrected chi connectivity index (χ0v) is 27.3. The molecule has 2 aromatic heterocycles. The predicted molar refractivity (Wildman–Crippen MR) is 210 cm³/mol. The number of hydrogen-bond acceptors (Lipinski definition) is 3. The molecular weight excluding hydrogens is 615 g/mol. The van der Waals surface area contributed by atoms with Crippen molar-refractivity contribution in [2.24, 2.45) is 0 Å². The standard InChI is InChI=1S/C46H29NOS/c1-2-15-35-30(11-1)12-8-22-42(35)47(33-27-25-31(26-28-33)36-18-9-20-40-38-16-3-5-23-43(38)48-45(36)40)34-14-7-13-32(29-34)37-19-10-21-41-39-17-4-6-24-44(39)49-46(37)41/h1-29H. The van der Waals surface area contributed by atoms with Gasteiger partial charge in [-0.3, -0.25) is 0 Å². The third-order valence-electron chi connectivity index (χ3n) is 9.67. The summed E-state index contributed by atoms with van der Waals surface area (Å²) in [5.74, 6) is 0. The first-order valence-corrected chi connectivity index (χ1v) is 17.4. The van der Waals surface area contributed by atoms with Crippen LogP contribution in [-0.2, 0) is 0 Å². The van der Waals surface area contributed by atoms with Gasteiger partial charge in [-0.1, -0.05) is 133 Å². The lowest BCUT2D eigenvalue weighted by molar-refractivity contribution is 0.670. The molecule has 0 fully saturated rings. The van der Waals surface area contributed by atoms with Crippen molar-refractivity contribution in [2.75, 3.05) is 4.90 Å². The van der Waals surface area contributed by atoms with E-state index in [0.717, 1.165) is 50.1 Å². The molecule has 0 N–H and O–H groups in total. The lowest BCUT2D eigenvalue weighted by Gasteiger charge is -2.27. The van der Waals surface area contributed by atoms with Crippen molar-refractivity contribution in [3.05, 3.63) is 176 Å². The first-order chi connectivity index (χ1) is 24.3. The number of fused-ring (bicyclic) bond motifs is 7. The second kappa shape index (κ2) is 11.2. The Hall–Kier alpha value is -6.16. The summed E-state index contributed by atoms with van der Waals surface area (Å²) in [5.41, 5.74) is 9.85. The minimum atomic E-state index is 0.912. The van der Waals surface area contributed by atoms with Crippen LogP contribution in [0.2, 0.25) is 0 Å². The molecule has 2 heterocycles. The van der Waals surface area contributed by atoms with Gasteiger partial charge >= 0.3 is 0 Å². The van der Waals surface area contributed by atoms with Gasteiger partial charge in [0.2, 0.25) is 0 Å². The number of para-hydroxylation sites is 2. The van der Waals surface area contributed by atoms with Crippen molar-refractivity contribution in [3.63, 3.8) is 0 Å². The summed E-state index contributed by atoms with van der Waals surface area (Å²) >= 11 is 1.87. The average molecular weight is 644 g/mol. The molecule has 10 aromatic rings. The molecule has 49 heavy (non-hydrogen) atoms. The van der Waals surface area contributed by atoms with Crippen LogP contribution in [0.15, 0.2) is 180 Å². The zero-order chi connectivity index (χ0) is 32.3. The maximum absolute atomic E-state index is 6.40. The van der Waals surface area contributed by atoms with Gasteiger partial charge in [-0.05, 0) is 64.5 Å². The highest BCUT2D eigenvalue weighted by Gasteiger charge is 2.18. The van der Waals surface area contributed by atoms with Gasteiger partial charge < -0.3 is 9.32 Å². The molecule has 0 aliphatic rings. The highest BCUT2D eigenvalue weighted by Crippen LogP contribution is 2.44. The van der Waals surface area contributed by atoms with Gasteiger partial charge in [0, 0.05) is 53.3 Å². The van der Waals surface area contributed by atoms with Gasteiger partial charge in [-0.25, -0.2) is 0 Å². The fraction of sp³-hybridized carbons (Fsp3) is 0. The van der Waals surface area contributed by atoms with Gasteiger partial charge in [-0.2, -0.15) is 0 Å². The average Bonchev–Trinajstić information content (AvgIpc) is 3.74. The van der Waals surface area contributed by atoms with E-state index in [1.54, 1.807) is 0 Å². The van der Waals surface area contributed by atoms with Gasteiger partial charge in [-0.15, -0.1) is 11.3 Å². The number of hydrogen-bond donors (Lipinski definition) is 0. The van der Waals surface area contributed by atoms with Gasteiger partial charge in [0.15, 0.2) is 0 Å². The van der Waals surface area contributed by atoms with Crippen LogP contribution in [-0.4, -0.2) is 0 Å². The quantitative estimate of drug-likeness (QED) is 0.186. The Morgan fingerprint density at radius 2 is 1.10 bits per heavy atom. The molecule has 10 rings (SSSR count). The Bertz CT molecular complexity index is 2840. The zero-order valence-electron chi connectivity index (χ0n) is 26.5. The molecule has 0 aliphatic carbocycles. The molecule has 0 unspecified atom stereocenters. The molecule has 230 valence electrons. The van der Waals surface area contributed by atoms with Crippen LogP contribution in [0.25, 0.3) is 75.1 Å². The summed E-state index contributed by atoms with van der Waals surface area (Å²) in [6, 6.07) is 63.2. The summed E-state index contributed by atoms with van der Waals surface area (Å²) in [4.78, 5) is 2.39. The van der Waals surface area contributed by atoms with Crippen LogP contribution in [0.1, 0.15) is 0 Å². The molecule has 0 bridgehead atoms. The van der Waals surface area contributed by atoms with Crippen LogP contribution < -0.4 is 4.90 Å². The molecule has 8 aromatic carbocycles. The van der Waals surface area contributed by atoms with E-state index in [0.29, 0.717) is 0 Å². The monoisotopic (exact) mass is 643 g/mol. The summed E-state index contributed by atoms with van der Waals surface area (Å²) in [6.45, 7) is 0. The third-order valence-corrected chi connectivity index (χ3v) is 10.9. The normalized spacial score (nSPS) is 11.7. The van der Waals surface area contributed by atoms with Crippen LogP contribution in [0, 0.1) is 0 Å². The van der Waals surface area contributed by atoms with Crippen molar-refractivity contribution < 1.29 is 4.42 Å². The second-order valence-electron chi connectivity index (χ2n) is 12.5. The van der Waals surface area contributed by atoms with Crippen molar-refractivity contribution in [1.82, 2.24) is 0 Å². The predicted octanol–water partition coefficient (Wildman–Crippen LogP) is 13.9. The second-order valence-corrected chi connectivity index (χ2v) is 13.5. The van der Waals surface area contributed by atoms with Crippen LogP contribution >= 0.6 is 11.3 Å². The largest absolute Gasteiger partial charge is 0.455 e. The Labute approximate surface area is 287 Å². The summed E-state index contributed by atoms with van der Waals surface area (Å²) in [7, 11) is 0. The molecule has 0 spiro atoms. The number of nitrogens with zero attached hydrogens (tertiary/aromatic N) is 1. The van der Waals surface area contributed by atoms with E-state index in [-0.39, 0.29) is 0 Å². The summed E-state index contributed by atoms with van der Waals surface area (Å²) < 4.78 is 9.04. The maximum atomic E-state index is 6.40. The van der Waals surface area contributed by atoms with E-state index >= 15 is 0 Å². The fourth-order valence-electron chi connectivity index (χ4n) is 7.38. The molecule has 0 atom stereocenters. The molecule has 2 nitrogen and oxygen atoms in total. The van der Waals surface area contributed by atoms with E-state index < -0.39 is 0 Å². The van der Waals surface area contributed by atoms with E-state index in [1.165, 1.54) is 42.1 Å². The first kappa shape index (κ1) is 27.9. The molecule has 0 saturated carbocycles. The smallest absolute Gasteiger partial charge is 0.143 e. The Balaban J connectivity index is 1.13. The summed E-state index contributed by atoms with van der Waals surface area (Å²) in [6.07, 6.45) is 0. The lowest BCUT2D eigenvalue weighted by atomic mass is 10.00. The van der Waals surface area contributed by atoms with Crippen molar-refractivity contribution in [3.8, 4) is 22.3 Å². The van der Waals surface area contributed by atoms with Crippen LogP contribution in [0.3, 0.4) is 0 Å². The van der Waals surface area contributed by atoms with Gasteiger partial charge in [0.05, 0.1) is 5.69 Å². The van der Waals surface area contributed by atoms with Crippen LogP contribution in [0.5, 0.6) is 0 Å². The SMILES string of the molecule is c1cc(-c2cccc3c2sc2ccccc23)cc(N(c2ccc(-c3cccc4c3oc3ccccc34)cc2)c2cccc3ccccc23)c1. The Morgan fingerprint density at radius 1 is 0.429 bits per heavy atom. The molecular formula is C46H29NOS. The Kier molecular flexibility index (Phi) is 6.39. The number of thiophene rings is 1. The number of furan rings is 1. The van der Waals surface area contributed by atoms with Gasteiger partial charge in [0.25, 0.3) is 0 Å². The van der Waals surface area contributed by atoms with Crippen molar-refractivity contribution >= 4 is 81.3 Å². The topological polar surface area (TPSA) is 16.4 Å². The molecule has 0 amide bonds. The lowest BCUT2D eigenvalue weighted by Crippen LogP contribution is -2.10. The number of benzene rings is 8. The van der Waals surface area contributed by atoms with E-state index in [1.807, 2.05) is 23.5 Å². The molecule has 0 saturated heterocycles. The minimum absolute atomic E-state index is 0.912. The van der Waals surface area contributed by atoms with Gasteiger partial charge in [0.1, 0.15) is 11.2 Å². The summed E-state index contributed by atoms with van der Waals surface area (Å²) in [5, 5.41) is 7.33. The first-order valence-electron chi connectivity index (χ1n) is 16.6. The highest BCUT2D eigenvalue weighted by atomic mass is 32.1. The Morgan fingerprint density at radius 3 is 2.00 bits per heavy atom. The minimum Gasteiger partial charge on any atom is -0.455 e. The molecule has 0 aliphatic heterocycles. The maximum Gasteiger partial charge on any atom is 0.143 e. The number of anilines is 3. The molecule has 3 heteroatoms. The van der Waals surface area contributed by atoms with E-state index in [9.17, 15) is 0 Å². The molecule has 0 radical (unpaired) electrons. The highest BCUT2D eigenvalue weighted by molar-refractivity contribution is 7.26. The van der Waals surface area contributed by atoms with Crippen molar-refractivity contribution in [1.29, 1.82) is 0 Å². The van der Waals surface area contributed by atoms with Crippen molar-refractivity contribution in [2.45, 2.75) is 0 Å². The van der Waals surface area contributed by atoms with Crippen LogP contribution in [0.4, 0.5) is 17.1 Å². The van der Waals surface area contributed by atoms with E-state index in [2.05, 4.69) is 169 Å². The fourth-order valence-corrected chi connectivity index (χ4v) is 8.62.